The van der Waals surface area contributed by atoms with Gasteiger partial charge in [0, 0.05) is 13.2 Å². The van der Waals surface area contributed by atoms with Crippen molar-refractivity contribution < 1.29 is 5.11 Å². The van der Waals surface area contributed by atoms with Crippen LogP contribution < -0.4 is 5.32 Å². The van der Waals surface area contributed by atoms with Gasteiger partial charge < -0.3 is 10.4 Å². The fourth-order valence-electron chi connectivity index (χ4n) is 1.03. The Labute approximate surface area is 89.1 Å². The van der Waals surface area contributed by atoms with Crippen LogP contribution in [0.25, 0.3) is 0 Å². The normalized spacial score (nSPS) is 13.3. The summed E-state index contributed by atoms with van der Waals surface area (Å²) in [5.74, 6) is 0. The molecule has 0 aromatic heterocycles. The molecule has 0 saturated heterocycles. The smallest absolute Gasteiger partial charge is 0.0431 e. The molecule has 0 aromatic carbocycles. The summed E-state index contributed by atoms with van der Waals surface area (Å²) in [5.41, 5.74) is 0.642. The lowest BCUT2D eigenvalue weighted by molar-refractivity contribution is 0.129. The lowest BCUT2D eigenvalue weighted by atomic mass is 9.69. The van der Waals surface area contributed by atoms with Crippen LogP contribution >= 0.6 is 0 Å². The van der Waals surface area contributed by atoms with Gasteiger partial charge in [0.25, 0.3) is 0 Å². The molecule has 0 heterocycles. The summed E-state index contributed by atoms with van der Waals surface area (Å²) in [5, 5.41) is 12.1. The third-order valence-electron chi connectivity index (χ3n) is 3.36. The third-order valence-corrected chi connectivity index (χ3v) is 3.36. The monoisotopic (exact) mass is 201 g/mol. The molecular formula is C12H27NO. The predicted molar refractivity (Wildman–Crippen MR) is 62.4 cm³/mol. The van der Waals surface area contributed by atoms with Crippen molar-refractivity contribution in [3.05, 3.63) is 0 Å². The van der Waals surface area contributed by atoms with Gasteiger partial charge in [0.05, 0.1) is 0 Å². The molecule has 14 heavy (non-hydrogen) atoms. The molecule has 0 amide bonds. The van der Waals surface area contributed by atoms with E-state index in [-0.39, 0.29) is 0 Å². The van der Waals surface area contributed by atoms with Crippen LogP contribution in [-0.2, 0) is 0 Å². The number of nitrogens with one attached hydrogen (secondary N) is 1. The van der Waals surface area contributed by atoms with Gasteiger partial charge in [-0.3, -0.25) is 0 Å². The minimum atomic E-state index is 0.310. The van der Waals surface area contributed by atoms with Crippen molar-refractivity contribution in [3.63, 3.8) is 0 Å². The van der Waals surface area contributed by atoms with Crippen LogP contribution in [0.5, 0.6) is 0 Å². The summed E-state index contributed by atoms with van der Waals surface area (Å²) in [4.78, 5) is 0. The van der Waals surface area contributed by atoms with E-state index >= 15 is 0 Å². The first-order chi connectivity index (χ1) is 6.31. The summed E-state index contributed by atoms with van der Waals surface area (Å²) >= 11 is 0. The average Bonchev–Trinajstić information content (AvgIpc) is 2.02. The van der Waals surface area contributed by atoms with Gasteiger partial charge in [-0.05, 0) is 30.2 Å². The molecule has 0 fully saturated rings. The fourth-order valence-corrected chi connectivity index (χ4v) is 1.03. The van der Waals surface area contributed by atoms with Crippen molar-refractivity contribution in [1.82, 2.24) is 5.32 Å². The quantitative estimate of drug-likeness (QED) is 0.647. The minimum absolute atomic E-state index is 0.310. The highest BCUT2D eigenvalue weighted by atomic mass is 16.2. The van der Waals surface area contributed by atoms with Gasteiger partial charge in [0.1, 0.15) is 0 Å². The Morgan fingerprint density at radius 2 is 1.57 bits per heavy atom. The Balaban J connectivity index is 3.67. The van der Waals surface area contributed by atoms with Crippen molar-refractivity contribution in [2.75, 3.05) is 19.7 Å². The number of hydrogen-bond donors (Lipinski definition) is 2. The van der Waals surface area contributed by atoms with Gasteiger partial charge in [-0.25, -0.2) is 0 Å². The first kappa shape index (κ1) is 13.9. The van der Waals surface area contributed by atoms with Crippen LogP contribution in [0.15, 0.2) is 0 Å². The molecule has 0 aromatic rings. The van der Waals surface area contributed by atoms with Gasteiger partial charge in [-0.15, -0.1) is 0 Å². The number of hydrogen-bond acceptors (Lipinski definition) is 2. The largest absolute Gasteiger partial charge is 0.396 e. The third kappa shape index (κ3) is 4.97. The Bertz CT molecular complexity index is 147. The number of unbranched alkanes of at least 4 members (excludes halogenated alkanes) is 1. The van der Waals surface area contributed by atoms with E-state index in [0.717, 1.165) is 25.9 Å². The zero-order valence-corrected chi connectivity index (χ0v) is 10.5. The summed E-state index contributed by atoms with van der Waals surface area (Å²) < 4.78 is 0. The van der Waals surface area contributed by atoms with Crippen LogP contribution in [0, 0.1) is 10.8 Å². The highest BCUT2D eigenvalue weighted by Gasteiger charge is 2.31. The Morgan fingerprint density at radius 1 is 1.00 bits per heavy atom. The molecule has 0 atom stereocenters. The van der Waals surface area contributed by atoms with E-state index in [0.29, 0.717) is 17.4 Å². The van der Waals surface area contributed by atoms with Gasteiger partial charge in [-0.1, -0.05) is 34.6 Å². The molecule has 2 heteroatoms. The highest BCUT2D eigenvalue weighted by molar-refractivity contribution is 4.84. The van der Waals surface area contributed by atoms with Gasteiger partial charge in [0.15, 0.2) is 0 Å². The molecule has 0 aliphatic heterocycles. The van der Waals surface area contributed by atoms with Crippen molar-refractivity contribution in [2.45, 2.75) is 47.5 Å². The van der Waals surface area contributed by atoms with E-state index in [1.54, 1.807) is 0 Å². The van der Waals surface area contributed by atoms with Crippen molar-refractivity contribution >= 4 is 0 Å². The van der Waals surface area contributed by atoms with Crippen molar-refractivity contribution in [2.24, 2.45) is 10.8 Å². The molecule has 2 nitrogen and oxygen atoms in total. The molecule has 2 N–H and O–H groups in total. The maximum atomic E-state index is 8.63. The number of aliphatic hydroxyl groups excluding tert-OH is 1. The fraction of sp³-hybridized carbons (Fsp3) is 1.00. The average molecular weight is 201 g/mol. The number of rotatable bonds is 6. The first-order valence-electron chi connectivity index (χ1n) is 5.63. The zero-order valence-electron chi connectivity index (χ0n) is 10.5. The SMILES string of the molecule is CC(C)(C)C(C)(C)CNCCCCO. The summed E-state index contributed by atoms with van der Waals surface area (Å²) in [7, 11) is 0. The summed E-state index contributed by atoms with van der Waals surface area (Å²) in [6, 6.07) is 0. The van der Waals surface area contributed by atoms with E-state index < -0.39 is 0 Å². The van der Waals surface area contributed by atoms with E-state index in [9.17, 15) is 0 Å². The van der Waals surface area contributed by atoms with E-state index in [2.05, 4.69) is 39.9 Å². The van der Waals surface area contributed by atoms with Crippen LogP contribution in [0.3, 0.4) is 0 Å². The highest BCUT2D eigenvalue weighted by Crippen LogP contribution is 2.36. The van der Waals surface area contributed by atoms with Gasteiger partial charge in [-0.2, -0.15) is 0 Å². The second kappa shape index (κ2) is 5.72. The number of aliphatic hydroxyl groups is 1. The summed E-state index contributed by atoms with van der Waals surface area (Å²) in [6.07, 6.45) is 1.97. The van der Waals surface area contributed by atoms with E-state index in [4.69, 9.17) is 5.11 Å². The molecule has 0 unspecified atom stereocenters. The molecular weight excluding hydrogens is 174 g/mol. The van der Waals surface area contributed by atoms with Crippen molar-refractivity contribution in [1.29, 1.82) is 0 Å². The Morgan fingerprint density at radius 3 is 2.00 bits per heavy atom. The Hall–Kier alpha value is -0.0800. The lowest BCUT2D eigenvalue weighted by Crippen LogP contribution is -2.39. The standard InChI is InChI=1S/C12H27NO/c1-11(2,3)12(4,5)10-13-8-6-7-9-14/h13-14H,6-10H2,1-5H3. The second-order valence-corrected chi connectivity index (χ2v) is 5.74. The Kier molecular flexibility index (Phi) is 5.68. The molecule has 0 rings (SSSR count). The van der Waals surface area contributed by atoms with E-state index in [1.165, 1.54) is 0 Å². The second-order valence-electron chi connectivity index (χ2n) is 5.74. The molecule has 0 spiro atoms. The molecule has 0 radical (unpaired) electrons. The van der Waals surface area contributed by atoms with Gasteiger partial charge >= 0.3 is 0 Å². The molecule has 0 aliphatic rings. The van der Waals surface area contributed by atoms with E-state index in [1.807, 2.05) is 0 Å². The van der Waals surface area contributed by atoms with Crippen LogP contribution in [0.1, 0.15) is 47.5 Å². The van der Waals surface area contributed by atoms with Crippen molar-refractivity contribution in [3.8, 4) is 0 Å². The molecule has 0 bridgehead atoms. The zero-order chi connectivity index (χ0) is 11.2. The van der Waals surface area contributed by atoms with Gasteiger partial charge in [0.2, 0.25) is 0 Å². The van der Waals surface area contributed by atoms with Crippen LogP contribution in [0.4, 0.5) is 0 Å². The molecule has 0 saturated carbocycles. The van der Waals surface area contributed by atoms with Crippen LogP contribution in [0.2, 0.25) is 0 Å². The maximum Gasteiger partial charge on any atom is 0.0431 e. The first-order valence-corrected chi connectivity index (χ1v) is 5.63. The molecule has 86 valence electrons. The molecule has 0 aliphatic carbocycles. The minimum Gasteiger partial charge on any atom is -0.396 e. The van der Waals surface area contributed by atoms with Crippen LogP contribution in [-0.4, -0.2) is 24.8 Å². The predicted octanol–water partition coefficient (Wildman–Crippen LogP) is 2.42. The lowest BCUT2D eigenvalue weighted by Gasteiger charge is -2.39. The topological polar surface area (TPSA) is 32.3 Å². The maximum absolute atomic E-state index is 8.63. The summed E-state index contributed by atoms with van der Waals surface area (Å²) in [6.45, 7) is 13.8.